The number of carbonyl (C=O) groups is 1. The number of nitrogens with one attached hydrogen (secondary N) is 1. The Morgan fingerprint density at radius 2 is 1.87 bits per heavy atom. The van der Waals surface area contributed by atoms with Crippen LogP contribution in [0.3, 0.4) is 0 Å². The second-order valence-corrected chi connectivity index (χ2v) is 4.17. The van der Waals surface area contributed by atoms with Crippen LogP contribution in [0, 0.1) is 5.41 Å². The zero-order chi connectivity index (χ0) is 12.3. The average Bonchev–Trinajstić information content (AvgIpc) is 2.02. The van der Waals surface area contributed by atoms with Crippen LogP contribution in [-0.4, -0.2) is 29.6 Å². The van der Waals surface area contributed by atoms with Gasteiger partial charge in [-0.1, -0.05) is 27.7 Å². The summed E-state index contributed by atoms with van der Waals surface area (Å²) in [6.07, 6.45) is -0.385. The minimum Gasteiger partial charge on any atom is -0.480 e. The number of halogens is 2. The Morgan fingerprint density at radius 3 is 2.20 bits per heavy atom. The molecule has 1 rings (SSSR count). The summed E-state index contributed by atoms with van der Waals surface area (Å²) in [5.41, 5.74) is -0.909. The fourth-order valence-electron chi connectivity index (χ4n) is 1.78. The summed E-state index contributed by atoms with van der Waals surface area (Å²) >= 11 is 0. The molecule has 1 heterocycles. The van der Waals surface area contributed by atoms with Crippen LogP contribution in [-0.2, 0) is 4.79 Å². The van der Waals surface area contributed by atoms with Crippen molar-refractivity contribution in [3.8, 4) is 0 Å². The van der Waals surface area contributed by atoms with Crippen LogP contribution in [0.2, 0.25) is 0 Å². The summed E-state index contributed by atoms with van der Waals surface area (Å²) in [6, 6.07) is -0.882. The fraction of sp³-hybridized carbons (Fsp3) is 0.900. The van der Waals surface area contributed by atoms with Crippen LogP contribution in [0.5, 0.6) is 0 Å². The topological polar surface area (TPSA) is 49.3 Å². The van der Waals surface area contributed by atoms with Gasteiger partial charge in [-0.15, -0.1) is 0 Å². The Labute approximate surface area is 88.9 Å². The molecule has 0 aliphatic carbocycles. The van der Waals surface area contributed by atoms with Crippen molar-refractivity contribution in [2.45, 2.75) is 46.1 Å². The minimum absolute atomic E-state index is 0.385. The fourth-order valence-corrected chi connectivity index (χ4v) is 1.78. The van der Waals surface area contributed by atoms with Gasteiger partial charge in [-0.05, 0) is 5.41 Å². The number of aliphatic carboxylic acids is 1. The Morgan fingerprint density at radius 1 is 1.40 bits per heavy atom. The quantitative estimate of drug-likeness (QED) is 0.716. The molecule has 0 aromatic carbocycles. The summed E-state index contributed by atoms with van der Waals surface area (Å²) in [5, 5.41) is 11.1. The van der Waals surface area contributed by atoms with Crippen LogP contribution in [0.4, 0.5) is 8.78 Å². The number of hydrogen-bond donors (Lipinski definition) is 2. The third kappa shape index (κ3) is 3.74. The molecule has 0 bridgehead atoms. The van der Waals surface area contributed by atoms with Crippen molar-refractivity contribution < 1.29 is 18.7 Å². The van der Waals surface area contributed by atoms with Gasteiger partial charge in [0, 0.05) is 6.42 Å². The summed E-state index contributed by atoms with van der Waals surface area (Å²) in [7, 11) is 0. The first-order valence-electron chi connectivity index (χ1n) is 5.09. The largest absolute Gasteiger partial charge is 0.480 e. The van der Waals surface area contributed by atoms with Crippen LogP contribution in [0.15, 0.2) is 0 Å². The number of hydrogen-bond acceptors (Lipinski definition) is 2. The zero-order valence-corrected chi connectivity index (χ0v) is 9.60. The van der Waals surface area contributed by atoms with Crippen molar-refractivity contribution in [1.29, 1.82) is 0 Å². The number of alkyl halides is 2. The van der Waals surface area contributed by atoms with Crippen molar-refractivity contribution in [2.24, 2.45) is 5.41 Å². The highest BCUT2D eigenvalue weighted by Gasteiger charge is 2.48. The molecule has 3 nitrogen and oxygen atoms in total. The molecule has 1 fully saturated rings. The molecule has 5 heteroatoms. The zero-order valence-electron chi connectivity index (χ0n) is 9.60. The molecule has 1 unspecified atom stereocenters. The SMILES string of the molecule is CC.CC1(C)CC(F)(F)CNC1C(=O)O. The minimum atomic E-state index is -2.80. The lowest BCUT2D eigenvalue weighted by molar-refractivity contribution is -0.149. The highest BCUT2D eigenvalue weighted by Crippen LogP contribution is 2.38. The lowest BCUT2D eigenvalue weighted by atomic mass is 9.76. The van der Waals surface area contributed by atoms with E-state index in [1.54, 1.807) is 0 Å². The molecule has 90 valence electrons. The second kappa shape index (κ2) is 4.88. The molecular formula is C10H19F2NO2. The summed E-state index contributed by atoms with van der Waals surface area (Å²) < 4.78 is 25.8. The highest BCUT2D eigenvalue weighted by atomic mass is 19.3. The smallest absolute Gasteiger partial charge is 0.321 e. The van der Waals surface area contributed by atoms with E-state index in [0.29, 0.717) is 0 Å². The van der Waals surface area contributed by atoms with Crippen molar-refractivity contribution in [3.05, 3.63) is 0 Å². The molecule has 0 aromatic rings. The Bertz CT molecular complexity index is 229. The molecule has 1 atom stereocenters. The monoisotopic (exact) mass is 223 g/mol. The molecule has 0 spiro atoms. The van der Waals surface area contributed by atoms with E-state index in [1.807, 2.05) is 13.8 Å². The van der Waals surface area contributed by atoms with Gasteiger partial charge in [0.2, 0.25) is 0 Å². The number of carboxylic acid groups (broad SMARTS) is 1. The van der Waals surface area contributed by atoms with E-state index in [4.69, 9.17) is 5.11 Å². The average molecular weight is 223 g/mol. The first-order valence-corrected chi connectivity index (χ1v) is 5.09. The second-order valence-electron chi connectivity index (χ2n) is 4.17. The molecule has 1 aliphatic heterocycles. The van der Waals surface area contributed by atoms with Crippen molar-refractivity contribution in [2.75, 3.05) is 6.54 Å². The maximum atomic E-state index is 12.9. The van der Waals surface area contributed by atoms with E-state index < -0.39 is 29.9 Å². The molecular weight excluding hydrogens is 204 g/mol. The third-order valence-corrected chi connectivity index (χ3v) is 2.31. The van der Waals surface area contributed by atoms with E-state index in [1.165, 1.54) is 13.8 Å². The van der Waals surface area contributed by atoms with E-state index in [-0.39, 0.29) is 6.42 Å². The Kier molecular flexibility index (Phi) is 4.65. The molecule has 0 radical (unpaired) electrons. The highest BCUT2D eigenvalue weighted by molar-refractivity contribution is 5.74. The van der Waals surface area contributed by atoms with Crippen molar-refractivity contribution in [3.63, 3.8) is 0 Å². The number of carboxylic acids is 1. The van der Waals surface area contributed by atoms with Gasteiger partial charge in [0.15, 0.2) is 0 Å². The van der Waals surface area contributed by atoms with Crippen LogP contribution >= 0.6 is 0 Å². The van der Waals surface area contributed by atoms with Crippen LogP contribution < -0.4 is 5.32 Å². The van der Waals surface area contributed by atoms with Gasteiger partial charge in [0.1, 0.15) is 6.04 Å². The number of rotatable bonds is 1. The van der Waals surface area contributed by atoms with E-state index in [0.717, 1.165) is 0 Å². The normalized spacial score (nSPS) is 27.5. The maximum absolute atomic E-state index is 12.9. The van der Waals surface area contributed by atoms with Crippen molar-refractivity contribution >= 4 is 5.97 Å². The third-order valence-electron chi connectivity index (χ3n) is 2.31. The van der Waals surface area contributed by atoms with Crippen LogP contribution in [0.25, 0.3) is 0 Å². The van der Waals surface area contributed by atoms with E-state index >= 15 is 0 Å². The lowest BCUT2D eigenvalue weighted by Crippen LogP contribution is -2.58. The Balaban J connectivity index is 0.000000921. The first kappa shape index (κ1) is 14.3. The predicted octanol–water partition coefficient (Wildman–Crippen LogP) is 2.12. The van der Waals surface area contributed by atoms with Gasteiger partial charge >= 0.3 is 5.97 Å². The van der Waals surface area contributed by atoms with Gasteiger partial charge in [-0.2, -0.15) is 0 Å². The summed E-state index contributed by atoms with van der Waals surface area (Å²) in [6.45, 7) is 6.52. The molecule has 0 amide bonds. The molecule has 1 aliphatic rings. The molecule has 2 N–H and O–H groups in total. The number of piperidine rings is 1. The standard InChI is InChI=1S/C8H13F2NO2.C2H6/c1-7(2)3-8(9,10)4-11-5(7)6(12)13;1-2/h5,11H,3-4H2,1-2H3,(H,12,13);1-2H3. The summed E-state index contributed by atoms with van der Waals surface area (Å²) in [5.74, 6) is -3.87. The van der Waals surface area contributed by atoms with Gasteiger partial charge in [0.25, 0.3) is 5.92 Å². The van der Waals surface area contributed by atoms with Gasteiger partial charge < -0.3 is 5.11 Å². The van der Waals surface area contributed by atoms with Gasteiger partial charge in [0.05, 0.1) is 6.54 Å². The molecule has 0 aromatic heterocycles. The van der Waals surface area contributed by atoms with Crippen molar-refractivity contribution in [1.82, 2.24) is 5.32 Å². The van der Waals surface area contributed by atoms with Crippen LogP contribution in [0.1, 0.15) is 34.1 Å². The van der Waals surface area contributed by atoms with Gasteiger partial charge in [-0.3, -0.25) is 10.1 Å². The predicted molar refractivity (Wildman–Crippen MR) is 54.1 cm³/mol. The molecule has 1 saturated heterocycles. The Hall–Kier alpha value is -0.710. The van der Waals surface area contributed by atoms with Gasteiger partial charge in [-0.25, -0.2) is 8.78 Å². The maximum Gasteiger partial charge on any atom is 0.321 e. The van der Waals surface area contributed by atoms with E-state index in [9.17, 15) is 13.6 Å². The molecule has 0 saturated carbocycles. The molecule has 15 heavy (non-hydrogen) atoms. The lowest BCUT2D eigenvalue weighted by Gasteiger charge is -2.40. The van der Waals surface area contributed by atoms with E-state index in [2.05, 4.69) is 5.32 Å². The summed E-state index contributed by atoms with van der Waals surface area (Å²) in [4.78, 5) is 10.7. The first-order chi connectivity index (χ1) is 6.75.